The van der Waals surface area contributed by atoms with E-state index in [1.165, 1.54) is 13.1 Å². The highest BCUT2D eigenvalue weighted by Gasteiger charge is 2.13. The van der Waals surface area contributed by atoms with E-state index < -0.39 is 23.1 Å². The summed E-state index contributed by atoms with van der Waals surface area (Å²) in [7, 11) is 0. The average Bonchev–Trinajstić information content (AvgIpc) is 2.33. The Balaban J connectivity index is 0.000000555. The lowest BCUT2D eigenvalue weighted by Gasteiger charge is -2.08. The highest BCUT2D eigenvalue weighted by atomic mass is 35.5. The third kappa shape index (κ3) is 5.92. The zero-order valence-corrected chi connectivity index (χ0v) is 12.1. The molecule has 0 aliphatic rings. The van der Waals surface area contributed by atoms with E-state index in [1.807, 2.05) is 0 Å². The van der Waals surface area contributed by atoms with Crippen molar-refractivity contribution in [3.63, 3.8) is 0 Å². The van der Waals surface area contributed by atoms with Crippen LogP contribution in [0.1, 0.15) is 34.6 Å². The van der Waals surface area contributed by atoms with Crippen LogP contribution < -0.4 is 10.4 Å². The summed E-state index contributed by atoms with van der Waals surface area (Å²) in [5, 5.41) is 21.3. The molecule has 0 aliphatic carbocycles. The summed E-state index contributed by atoms with van der Waals surface area (Å²) >= 11 is 11.0. The fraction of sp³-hybridized carbons (Fsp3) is 0.333. The number of halogens is 2. The molecule has 0 saturated heterocycles. The summed E-state index contributed by atoms with van der Waals surface area (Å²) < 4.78 is 0. The summed E-state index contributed by atoms with van der Waals surface area (Å²) in [6, 6.07) is 1.92. The van der Waals surface area contributed by atoms with Gasteiger partial charge in [0.25, 0.3) is 0 Å². The number of hydrogen-bond donors (Lipinski definition) is 2. The lowest BCUT2D eigenvalue weighted by molar-refractivity contribution is -0.648. The Kier molecular flexibility index (Phi) is 8.14. The largest absolute Gasteiger partial charge is 0.545 e. The molecule has 1 aromatic carbocycles. The third-order valence-electron chi connectivity index (χ3n) is 2.09. The second-order valence-corrected chi connectivity index (χ2v) is 4.32. The normalized spacial score (nSPS) is 9.47. The molecule has 0 amide bonds. The van der Waals surface area contributed by atoms with Crippen LogP contribution in [0.4, 0.5) is 0 Å². The van der Waals surface area contributed by atoms with E-state index in [4.69, 9.17) is 28.3 Å². The van der Waals surface area contributed by atoms with E-state index in [0.717, 1.165) is 12.1 Å². The molecule has 1 aromatic rings. The Labute approximate surface area is 121 Å². The highest BCUT2D eigenvalue weighted by molar-refractivity contribution is 6.42. The Morgan fingerprint density at radius 2 is 1.58 bits per heavy atom. The number of benzene rings is 1. The van der Waals surface area contributed by atoms with Crippen molar-refractivity contribution in [1.29, 1.82) is 0 Å². The van der Waals surface area contributed by atoms with Crippen LogP contribution in [0.2, 0.25) is 10.0 Å². The predicted molar refractivity (Wildman–Crippen MR) is 70.8 cm³/mol. The Bertz CT molecular complexity index is 422. The number of carboxylic acids is 2. The van der Waals surface area contributed by atoms with Gasteiger partial charge >= 0.3 is 5.97 Å². The molecular weight excluding hydrogens is 293 g/mol. The monoisotopic (exact) mass is 307 g/mol. The van der Waals surface area contributed by atoms with E-state index in [9.17, 15) is 14.7 Å². The maximum absolute atomic E-state index is 10.6. The number of rotatable bonds is 4. The van der Waals surface area contributed by atoms with Gasteiger partial charge in [0.15, 0.2) is 0 Å². The molecule has 0 unspecified atom stereocenters. The molecule has 106 valence electrons. The summed E-state index contributed by atoms with van der Waals surface area (Å²) in [5.74, 6) is -3.01. The second kappa shape index (κ2) is 8.74. The van der Waals surface area contributed by atoms with E-state index in [2.05, 4.69) is 19.2 Å². The quantitative estimate of drug-likeness (QED) is 0.853. The van der Waals surface area contributed by atoms with Crippen molar-refractivity contribution in [1.82, 2.24) is 0 Å². The number of carbonyl (C=O) groups excluding carboxylic acids is 1. The van der Waals surface area contributed by atoms with Crippen LogP contribution in [0.5, 0.6) is 0 Å². The van der Waals surface area contributed by atoms with Gasteiger partial charge < -0.3 is 20.3 Å². The van der Waals surface area contributed by atoms with Crippen LogP contribution in [-0.4, -0.2) is 30.1 Å². The minimum Gasteiger partial charge on any atom is -0.545 e. The second-order valence-electron chi connectivity index (χ2n) is 3.51. The fourth-order valence-electron chi connectivity index (χ4n) is 1.18. The number of nitrogens with two attached hydrogens (primary N) is 1. The molecule has 0 spiro atoms. The molecule has 7 heteroatoms. The van der Waals surface area contributed by atoms with Gasteiger partial charge in [-0.15, -0.1) is 0 Å². The minimum absolute atomic E-state index is 0.0194. The summed E-state index contributed by atoms with van der Waals surface area (Å²) in [4.78, 5) is 21.1. The van der Waals surface area contributed by atoms with Crippen LogP contribution in [0, 0.1) is 0 Å². The topological polar surface area (TPSA) is 94.0 Å². The molecule has 0 aliphatic heterocycles. The van der Waals surface area contributed by atoms with Crippen LogP contribution >= 0.6 is 23.2 Å². The average molecular weight is 308 g/mol. The number of aromatic carboxylic acids is 2. The Morgan fingerprint density at radius 1 is 1.16 bits per heavy atom. The van der Waals surface area contributed by atoms with Crippen LogP contribution in [0.3, 0.4) is 0 Å². The van der Waals surface area contributed by atoms with Crippen molar-refractivity contribution in [2.75, 3.05) is 13.1 Å². The summed E-state index contributed by atoms with van der Waals surface area (Å²) in [6.45, 7) is 6.75. The molecule has 0 bridgehead atoms. The molecule has 0 atom stereocenters. The van der Waals surface area contributed by atoms with Gasteiger partial charge in [0.1, 0.15) is 0 Å². The standard InChI is InChI=1S/C8H4Cl2O4.C4H11N/c9-5-1-3(7(11)12)4(8(13)14)2-6(5)10;1-3-5-4-2/h1-2H,(H,11,12)(H,13,14);5H,3-4H2,1-2H3. The lowest BCUT2D eigenvalue weighted by Crippen LogP contribution is -2.82. The zero-order chi connectivity index (χ0) is 15.0. The van der Waals surface area contributed by atoms with E-state index in [0.29, 0.717) is 0 Å². The fourth-order valence-corrected chi connectivity index (χ4v) is 1.51. The van der Waals surface area contributed by atoms with Crippen molar-refractivity contribution in [2.24, 2.45) is 0 Å². The highest BCUT2D eigenvalue weighted by Crippen LogP contribution is 2.25. The van der Waals surface area contributed by atoms with Crippen LogP contribution in [0.15, 0.2) is 12.1 Å². The Morgan fingerprint density at radius 3 is 1.84 bits per heavy atom. The molecule has 0 saturated carbocycles. The van der Waals surface area contributed by atoms with Crippen LogP contribution in [0.25, 0.3) is 0 Å². The summed E-state index contributed by atoms with van der Waals surface area (Å²) in [6.07, 6.45) is 0. The number of carbonyl (C=O) groups is 2. The molecule has 5 nitrogen and oxygen atoms in total. The first-order chi connectivity index (χ1) is 8.84. The number of carboxylic acid groups (broad SMARTS) is 2. The SMILES string of the molecule is CC[NH2+]CC.O=C([O-])c1cc(Cl)c(Cl)cc1C(=O)O. The molecule has 1 rings (SSSR count). The van der Waals surface area contributed by atoms with Gasteiger partial charge in [-0.25, -0.2) is 4.79 Å². The first-order valence-corrected chi connectivity index (χ1v) is 6.36. The van der Waals surface area contributed by atoms with Gasteiger partial charge in [-0.2, -0.15) is 0 Å². The van der Waals surface area contributed by atoms with Crippen LogP contribution in [-0.2, 0) is 0 Å². The third-order valence-corrected chi connectivity index (χ3v) is 2.81. The van der Waals surface area contributed by atoms with E-state index >= 15 is 0 Å². The maximum atomic E-state index is 10.6. The van der Waals surface area contributed by atoms with Gasteiger partial charge in [-0.1, -0.05) is 23.2 Å². The van der Waals surface area contributed by atoms with Gasteiger partial charge in [0, 0.05) is 5.56 Å². The van der Waals surface area contributed by atoms with E-state index in [-0.39, 0.29) is 10.0 Å². The predicted octanol–water partition coefficient (Wildman–Crippen LogP) is 0.645. The first kappa shape index (κ1) is 17.7. The van der Waals surface area contributed by atoms with Crippen molar-refractivity contribution in [3.05, 3.63) is 33.3 Å². The molecule has 0 fully saturated rings. The maximum Gasteiger partial charge on any atom is 0.336 e. The van der Waals surface area contributed by atoms with Crippen molar-refractivity contribution in [2.45, 2.75) is 13.8 Å². The van der Waals surface area contributed by atoms with Crippen molar-refractivity contribution < 1.29 is 25.1 Å². The lowest BCUT2D eigenvalue weighted by atomic mass is 10.1. The number of hydrogen-bond acceptors (Lipinski definition) is 3. The Hall–Kier alpha value is -1.30. The zero-order valence-electron chi connectivity index (χ0n) is 10.6. The molecule has 0 heterocycles. The van der Waals surface area contributed by atoms with Gasteiger partial charge in [0.2, 0.25) is 0 Å². The van der Waals surface area contributed by atoms with Gasteiger partial charge in [-0.3, -0.25) is 0 Å². The molecule has 0 radical (unpaired) electrons. The summed E-state index contributed by atoms with van der Waals surface area (Å²) in [5.41, 5.74) is -0.939. The van der Waals surface area contributed by atoms with Gasteiger partial charge in [-0.05, 0) is 26.0 Å². The van der Waals surface area contributed by atoms with E-state index in [1.54, 1.807) is 0 Å². The first-order valence-electron chi connectivity index (χ1n) is 5.60. The van der Waals surface area contributed by atoms with Crippen molar-refractivity contribution >= 4 is 35.1 Å². The number of quaternary nitrogens is 1. The minimum atomic E-state index is -1.61. The molecular formula is C12H15Cl2NO4. The molecule has 19 heavy (non-hydrogen) atoms. The molecule has 0 aromatic heterocycles. The van der Waals surface area contributed by atoms with Gasteiger partial charge in [0.05, 0.1) is 34.7 Å². The smallest absolute Gasteiger partial charge is 0.336 e. The molecule has 3 N–H and O–H groups in total. The van der Waals surface area contributed by atoms with Crippen molar-refractivity contribution in [3.8, 4) is 0 Å².